The van der Waals surface area contributed by atoms with E-state index in [1.807, 2.05) is 13.0 Å². The molecule has 1 aliphatic heterocycles. The van der Waals surface area contributed by atoms with Crippen LogP contribution in [-0.2, 0) is 0 Å². The summed E-state index contributed by atoms with van der Waals surface area (Å²) < 4.78 is 0. The molecule has 0 spiro atoms. The summed E-state index contributed by atoms with van der Waals surface area (Å²) in [6, 6.07) is 0. The number of aliphatic hydroxyl groups is 2. The minimum atomic E-state index is -0.103. The normalized spacial score (nSPS) is 21.3. The van der Waals surface area contributed by atoms with Crippen molar-refractivity contribution in [3.8, 4) is 0 Å². The molecule has 1 rings (SSSR count). The number of aliphatic hydroxyl groups excluding tert-OH is 2. The summed E-state index contributed by atoms with van der Waals surface area (Å²) in [4.78, 5) is 0. The van der Waals surface area contributed by atoms with Gasteiger partial charge in [-0.15, -0.1) is 0 Å². The molecule has 0 atom stereocenters. The molecule has 0 saturated carbocycles. The summed E-state index contributed by atoms with van der Waals surface area (Å²) in [5.74, 6) is 0.672. The predicted molar refractivity (Wildman–Crippen MR) is 57.1 cm³/mol. The predicted octanol–water partition coefficient (Wildman–Crippen LogP) is 1.37. The molecule has 0 radical (unpaired) electrons. The van der Waals surface area contributed by atoms with Crippen LogP contribution in [0.15, 0.2) is 23.5 Å². The van der Waals surface area contributed by atoms with Crippen LogP contribution in [0.5, 0.6) is 0 Å². The highest BCUT2D eigenvalue weighted by Gasteiger charge is 2.19. The van der Waals surface area contributed by atoms with Gasteiger partial charge in [0.05, 0.1) is 6.61 Å². The molecule has 1 fully saturated rings. The van der Waals surface area contributed by atoms with Gasteiger partial charge in [-0.05, 0) is 50.4 Å². The fourth-order valence-corrected chi connectivity index (χ4v) is 1.93. The van der Waals surface area contributed by atoms with Gasteiger partial charge in [-0.25, -0.2) is 0 Å². The molecule has 80 valence electrons. The summed E-state index contributed by atoms with van der Waals surface area (Å²) >= 11 is 0. The van der Waals surface area contributed by atoms with Crippen molar-refractivity contribution < 1.29 is 10.2 Å². The van der Waals surface area contributed by atoms with E-state index < -0.39 is 0 Å². The Bertz CT molecular complexity index is 227. The Morgan fingerprint density at radius 2 is 2.07 bits per heavy atom. The lowest BCUT2D eigenvalue weighted by Crippen LogP contribution is -2.29. The summed E-state index contributed by atoms with van der Waals surface area (Å²) in [5.41, 5.74) is 0.973. The molecule has 0 aromatic carbocycles. The molecule has 0 aromatic rings. The molecule has 1 aliphatic rings. The van der Waals surface area contributed by atoms with Gasteiger partial charge in [0, 0.05) is 0 Å². The Morgan fingerprint density at radius 3 is 2.57 bits per heavy atom. The molecule has 3 heteroatoms. The smallest absolute Gasteiger partial charge is 0.117 e. The molecule has 1 heterocycles. The standard InChI is InChI=1S/C11H19NO2/c1-2-10(11(14)5-8-13)9-3-6-12-7-4-9/h2,5,9,12-14H,3-4,6-8H2,1H3/b10-2-,11-5+. The van der Waals surface area contributed by atoms with E-state index in [2.05, 4.69) is 5.32 Å². The Morgan fingerprint density at radius 1 is 1.43 bits per heavy atom. The van der Waals surface area contributed by atoms with Gasteiger partial charge in [-0.1, -0.05) is 6.08 Å². The van der Waals surface area contributed by atoms with Gasteiger partial charge in [0.15, 0.2) is 0 Å². The maximum absolute atomic E-state index is 9.67. The first-order valence-electron chi connectivity index (χ1n) is 5.17. The van der Waals surface area contributed by atoms with Crippen molar-refractivity contribution in [2.45, 2.75) is 19.8 Å². The number of hydrogen-bond donors (Lipinski definition) is 3. The molecule has 0 aliphatic carbocycles. The highest BCUT2D eigenvalue weighted by atomic mass is 16.3. The second-order valence-electron chi connectivity index (χ2n) is 3.54. The van der Waals surface area contributed by atoms with Crippen LogP contribution < -0.4 is 5.32 Å². The van der Waals surface area contributed by atoms with Crippen LogP contribution in [-0.4, -0.2) is 29.9 Å². The molecule has 0 amide bonds. The van der Waals surface area contributed by atoms with Crippen molar-refractivity contribution in [3.05, 3.63) is 23.5 Å². The zero-order valence-corrected chi connectivity index (χ0v) is 8.66. The zero-order chi connectivity index (χ0) is 10.4. The monoisotopic (exact) mass is 197 g/mol. The second kappa shape index (κ2) is 5.83. The van der Waals surface area contributed by atoms with Gasteiger partial charge in [0.25, 0.3) is 0 Å². The van der Waals surface area contributed by atoms with Crippen LogP contribution in [0, 0.1) is 5.92 Å². The van der Waals surface area contributed by atoms with Gasteiger partial charge in [-0.2, -0.15) is 0 Å². The third-order valence-corrected chi connectivity index (χ3v) is 2.67. The molecular formula is C11H19NO2. The Kier molecular flexibility index (Phi) is 4.70. The average Bonchev–Trinajstić information content (AvgIpc) is 2.21. The van der Waals surface area contributed by atoms with Crippen molar-refractivity contribution in [1.29, 1.82) is 0 Å². The van der Waals surface area contributed by atoms with E-state index in [4.69, 9.17) is 5.11 Å². The Balaban J connectivity index is 2.65. The fourth-order valence-electron chi connectivity index (χ4n) is 1.93. The number of allylic oxidation sites excluding steroid dienone is 2. The largest absolute Gasteiger partial charge is 0.508 e. The summed E-state index contributed by atoms with van der Waals surface area (Å²) in [5, 5.41) is 21.7. The average molecular weight is 197 g/mol. The van der Waals surface area contributed by atoms with Crippen molar-refractivity contribution in [2.75, 3.05) is 19.7 Å². The number of piperidine rings is 1. The molecular weight excluding hydrogens is 178 g/mol. The number of hydrogen-bond acceptors (Lipinski definition) is 3. The van der Waals surface area contributed by atoms with Crippen molar-refractivity contribution >= 4 is 0 Å². The topological polar surface area (TPSA) is 52.5 Å². The van der Waals surface area contributed by atoms with Crippen LogP contribution in [0.25, 0.3) is 0 Å². The quantitative estimate of drug-likeness (QED) is 0.473. The highest BCUT2D eigenvalue weighted by Crippen LogP contribution is 2.25. The summed E-state index contributed by atoms with van der Waals surface area (Å²) in [6.45, 7) is 3.84. The van der Waals surface area contributed by atoms with Gasteiger partial charge < -0.3 is 15.5 Å². The van der Waals surface area contributed by atoms with Gasteiger partial charge >= 0.3 is 0 Å². The van der Waals surface area contributed by atoms with Crippen molar-refractivity contribution in [3.63, 3.8) is 0 Å². The molecule has 1 saturated heterocycles. The van der Waals surface area contributed by atoms with E-state index in [0.717, 1.165) is 31.5 Å². The van der Waals surface area contributed by atoms with E-state index in [-0.39, 0.29) is 12.4 Å². The lowest BCUT2D eigenvalue weighted by Gasteiger charge is -2.24. The van der Waals surface area contributed by atoms with Crippen molar-refractivity contribution in [1.82, 2.24) is 5.32 Å². The maximum atomic E-state index is 9.67. The lowest BCUT2D eigenvalue weighted by atomic mass is 9.88. The van der Waals surface area contributed by atoms with Crippen LogP contribution in [0.1, 0.15) is 19.8 Å². The lowest BCUT2D eigenvalue weighted by molar-refractivity contribution is 0.324. The van der Waals surface area contributed by atoms with E-state index >= 15 is 0 Å². The van der Waals surface area contributed by atoms with Crippen LogP contribution in [0.2, 0.25) is 0 Å². The van der Waals surface area contributed by atoms with Gasteiger partial charge in [0.2, 0.25) is 0 Å². The first kappa shape index (κ1) is 11.3. The summed E-state index contributed by atoms with van der Waals surface area (Å²) in [7, 11) is 0. The molecule has 3 nitrogen and oxygen atoms in total. The van der Waals surface area contributed by atoms with Crippen molar-refractivity contribution in [2.24, 2.45) is 5.92 Å². The SMILES string of the molecule is C/C=C(\C(O)=C/CO)C1CCNCC1. The van der Waals surface area contributed by atoms with E-state index in [9.17, 15) is 5.11 Å². The molecule has 14 heavy (non-hydrogen) atoms. The number of nitrogens with one attached hydrogen (secondary N) is 1. The van der Waals surface area contributed by atoms with E-state index in [1.165, 1.54) is 6.08 Å². The number of rotatable bonds is 3. The van der Waals surface area contributed by atoms with E-state index in [1.54, 1.807) is 0 Å². The minimum Gasteiger partial charge on any atom is -0.508 e. The van der Waals surface area contributed by atoms with Crippen LogP contribution >= 0.6 is 0 Å². The van der Waals surface area contributed by atoms with Crippen LogP contribution in [0.4, 0.5) is 0 Å². The minimum absolute atomic E-state index is 0.103. The summed E-state index contributed by atoms with van der Waals surface area (Å²) in [6.07, 6.45) is 5.51. The van der Waals surface area contributed by atoms with Gasteiger partial charge in [0.1, 0.15) is 5.76 Å². The third kappa shape index (κ3) is 2.86. The third-order valence-electron chi connectivity index (χ3n) is 2.67. The second-order valence-corrected chi connectivity index (χ2v) is 3.54. The van der Waals surface area contributed by atoms with Gasteiger partial charge in [-0.3, -0.25) is 0 Å². The van der Waals surface area contributed by atoms with E-state index in [0.29, 0.717) is 5.92 Å². The first-order valence-corrected chi connectivity index (χ1v) is 5.17. The molecule has 0 bridgehead atoms. The Hall–Kier alpha value is -0.800. The molecule has 0 aromatic heterocycles. The fraction of sp³-hybridized carbons (Fsp3) is 0.636. The zero-order valence-electron chi connectivity index (χ0n) is 8.66. The molecule has 3 N–H and O–H groups in total. The Labute approximate surface area is 85.1 Å². The maximum Gasteiger partial charge on any atom is 0.117 e. The first-order chi connectivity index (χ1) is 6.79. The molecule has 0 unspecified atom stereocenters. The van der Waals surface area contributed by atoms with Crippen LogP contribution in [0.3, 0.4) is 0 Å². The highest BCUT2D eigenvalue weighted by molar-refractivity contribution is 5.27.